The zero-order valence-electron chi connectivity index (χ0n) is 15.1. The van der Waals surface area contributed by atoms with Crippen molar-refractivity contribution in [2.24, 2.45) is 0 Å². The van der Waals surface area contributed by atoms with Crippen molar-refractivity contribution in [1.82, 2.24) is 9.21 Å². The average molecular weight is 390 g/mol. The number of nitrogens with zero attached hydrogens (tertiary/aromatic N) is 2. The van der Waals surface area contributed by atoms with Crippen molar-refractivity contribution in [3.8, 4) is 5.75 Å². The third-order valence-corrected chi connectivity index (χ3v) is 7.35. The Balaban J connectivity index is 1.42. The maximum atomic E-state index is 13.4. The largest absolute Gasteiger partial charge is 0.508 e. The average Bonchev–Trinajstić information content (AvgIpc) is 3.09. The van der Waals surface area contributed by atoms with Gasteiger partial charge in [-0.2, -0.15) is 4.31 Å². The van der Waals surface area contributed by atoms with Crippen LogP contribution in [0.15, 0.2) is 41.3 Å². The van der Waals surface area contributed by atoms with Gasteiger partial charge in [0.15, 0.2) is 0 Å². The SMILES string of the molecule is O=S(=O)(c1cccc(F)c1)N1CCN(Cc2cc3c(cc2O)CCC3)CC1. The Hall–Kier alpha value is -1.96. The fraction of sp³-hybridized carbons (Fsp3) is 0.400. The number of hydrogen-bond donors (Lipinski definition) is 1. The van der Waals surface area contributed by atoms with E-state index >= 15 is 0 Å². The molecular weight excluding hydrogens is 367 g/mol. The van der Waals surface area contributed by atoms with Crippen LogP contribution < -0.4 is 0 Å². The summed E-state index contributed by atoms with van der Waals surface area (Å²) in [5.41, 5.74) is 3.45. The third-order valence-electron chi connectivity index (χ3n) is 5.45. The van der Waals surface area contributed by atoms with E-state index in [1.807, 2.05) is 6.07 Å². The lowest BCUT2D eigenvalue weighted by Gasteiger charge is -2.34. The van der Waals surface area contributed by atoms with Crippen molar-refractivity contribution < 1.29 is 17.9 Å². The Morgan fingerprint density at radius 2 is 1.70 bits per heavy atom. The molecule has 1 heterocycles. The van der Waals surface area contributed by atoms with Gasteiger partial charge in [-0.05, 0) is 54.7 Å². The van der Waals surface area contributed by atoms with Crippen LogP contribution in [0.3, 0.4) is 0 Å². The Morgan fingerprint density at radius 3 is 2.41 bits per heavy atom. The van der Waals surface area contributed by atoms with E-state index in [2.05, 4.69) is 11.0 Å². The lowest BCUT2D eigenvalue weighted by molar-refractivity contribution is 0.180. The summed E-state index contributed by atoms with van der Waals surface area (Å²) in [7, 11) is -3.68. The number of piperazine rings is 1. The first-order valence-corrected chi connectivity index (χ1v) is 10.7. The smallest absolute Gasteiger partial charge is 0.243 e. The van der Waals surface area contributed by atoms with Crippen molar-refractivity contribution in [3.05, 3.63) is 58.9 Å². The molecule has 0 amide bonds. The van der Waals surface area contributed by atoms with E-state index < -0.39 is 15.8 Å². The summed E-state index contributed by atoms with van der Waals surface area (Å²) >= 11 is 0. The quantitative estimate of drug-likeness (QED) is 0.872. The first-order chi connectivity index (χ1) is 12.9. The number of benzene rings is 2. The molecule has 2 aliphatic rings. The topological polar surface area (TPSA) is 60.9 Å². The van der Waals surface area contributed by atoms with Crippen LogP contribution in [0, 0.1) is 5.82 Å². The predicted molar refractivity (Wildman–Crippen MR) is 101 cm³/mol. The van der Waals surface area contributed by atoms with E-state index in [4.69, 9.17) is 0 Å². The highest BCUT2D eigenvalue weighted by Crippen LogP contribution is 2.30. The molecule has 5 nitrogen and oxygen atoms in total. The van der Waals surface area contributed by atoms with Crippen LogP contribution in [0.4, 0.5) is 4.39 Å². The lowest BCUT2D eigenvalue weighted by atomic mass is 10.0. The molecule has 7 heteroatoms. The lowest BCUT2D eigenvalue weighted by Crippen LogP contribution is -2.48. The Bertz CT molecular complexity index is 954. The van der Waals surface area contributed by atoms with Gasteiger partial charge >= 0.3 is 0 Å². The molecule has 1 aliphatic heterocycles. The van der Waals surface area contributed by atoms with Gasteiger partial charge < -0.3 is 5.11 Å². The number of rotatable bonds is 4. The van der Waals surface area contributed by atoms with Gasteiger partial charge in [0.05, 0.1) is 4.90 Å². The molecule has 0 radical (unpaired) electrons. The second-order valence-corrected chi connectivity index (χ2v) is 9.18. The van der Waals surface area contributed by atoms with Crippen LogP contribution in [0.2, 0.25) is 0 Å². The molecule has 2 aromatic carbocycles. The van der Waals surface area contributed by atoms with E-state index in [0.717, 1.165) is 30.9 Å². The van der Waals surface area contributed by atoms with E-state index in [9.17, 15) is 17.9 Å². The molecule has 2 aromatic rings. The van der Waals surface area contributed by atoms with Gasteiger partial charge in [0.1, 0.15) is 11.6 Å². The van der Waals surface area contributed by atoms with Crippen molar-refractivity contribution in [2.75, 3.05) is 26.2 Å². The molecule has 0 aromatic heterocycles. The zero-order valence-corrected chi connectivity index (χ0v) is 15.9. The fourth-order valence-corrected chi connectivity index (χ4v) is 5.39. The number of aromatic hydroxyl groups is 1. The summed E-state index contributed by atoms with van der Waals surface area (Å²) in [6.07, 6.45) is 3.22. The van der Waals surface area contributed by atoms with Crippen molar-refractivity contribution in [1.29, 1.82) is 0 Å². The molecule has 27 heavy (non-hydrogen) atoms. The van der Waals surface area contributed by atoms with Gasteiger partial charge in [-0.25, -0.2) is 12.8 Å². The summed E-state index contributed by atoms with van der Waals surface area (Å²) in [6, 6.07) is 9.10. The Morgan fingerprint density at radius 1 is 1.00 bits per heavy atom. The molecule has 0 saturated carbocycles. The van der Waals surface area contributed by atoms with Gasteiger partial charge in [0.2, 0.25) is 10.0 Å². The summed E-state index contributed by atoms with van der Waals surface area (Å²) in [5.74, 6) is -0.229. The first kappa shape index (κ1) is 18.4. The van der Waals surface area contributed by atoms with E-state index in [1.54, 1.807) is 0 Å². The normalized spacial score (nSPS) is 18.6. The molecule has 1 fully saturated rings. The molecule has 1 saturated heterocycles. The molecule has 0 unspecified atom stereocenters. The van der Waals surface area contributed by atoms with Crippen LogP contribution in [-0.2, 0) is 29.4 Å². The van der Waals surface area contributed by atoms with Crippen molar-refractivity contribution in [2.45, 2.75) is 30.7 Å². The van der Waals surface area contributed by atoms with Crippen LogP contribution in [0.25, 0.3) is 0 Å². The van der Waals surface area contributed by atoms with Gasteiger partial charge in [0, 0.05) is 38.3 Å². The molecule has 144 valence electrons. The Labute approximate surface area is 159 Å². The van der Waals surface area contributed by atoms with E-state index in [1.165, 1.54) is 33.6 Å². The molecule has 0 bridgehead atoms. The molecule has 4 rings (SSSR count). The van der Waals surface area contributed by atoms with Gasteiger partial charge in [-0.3, -0.25) is 4.90 Å². The van der Waals surface area contributed by atoms with Gasteiger partial charge in [0.25, 0.3) is 0 Å². The molecule has 1 N–H and O–H groups in total. The highest BCUT2D eigenvalue weighted by molar-refractivity contribution is 7.89. The monoisotopic (exact) mass is 390 g/mol. The Kier molecular flexibility index (Phi) is 4.92. The standard InChI is InChI=1S/C20H23FN2O3S/c21-18-5-2-6-19(13-18)27(25,26)23-9-7-22(8-10-23)14-17-11-15-3-1-4-16(15)12-20(17)24/h2,5-6,11-13,24H,1,3-4,7-10,14H2. The second-order valence-electron chi connectivity index (χ2n) is 7.24. The number of sulfonamides is 1. The molecular formula is C20H23FN2O3S. The maximum absolute atomic E-state index is 13.4. The van der Waals surface area contributed by atoms with Gasteiger partial charge in [-0.15, -0.1) is 0 Å². The second kappa shape index (κ2) is 7.22. The predicted octanol–water partition coefficient (Wildman–Crippen LogP) is 2.53. The summed E-state index contributed by atoms with van der Waals surface area (Å²) in [6.45, 7) is 2.46. The number of fused-ring (bicyclic) bond motifs is 1. The fourth-order valence-electron chi connectivity index (χ4n) is 3.93. The number of aryl methyl sites for hydroxylation is 2. The van der Waals surface area contributed by atoms with Gasteiger partial charge in [-0.1, -0.05) is 12.1 Å². The first-order valence-electron chi connectivity index (χ1n) is 9.25. The van der Waals surface area contributed by atoms with Crippen LogP contribution >= 0.6 is 0 Å². The van der Waals surface area contributed by atoms with Crippen molar-refractivity contribution >= 4 is 10.0 Å². The minimum absolute atomic E-state index is 0.00721. The zero-order chi connectivity index (χ0) is 19.0. The number of hydrogen-bond acceptors (Lipinski definition) is 4. The maximum Gasteiger partial charge on any atom is 0.243 e. The number of phenols is 1. The molecule has 0 atom stereocenters. The summed E-state index contributed by atoms with van der Waals surface area (Å²) < 4.78 is 40.2. The van der Waals surface area contributed by atoms with E-state index in [-0.39, 0.29) is 4.90 Å². The van der Waals surface area contributed by atoms with E-state index in [0.29, 0.717) is 38.5 Å². The number of halogens is 1. The minimum atomic E-state index is -3.68. The third kappa shape index (κ3) is 3.72. The highest BCUT2D eigenvalue weighted by Gasteiger charge is 2.29. The van der Waals surface area contributed by atoms with Crippen LogP contribution in [-0.4, -0.2) is 48.9 Å². The molecule has 0 spiro atoms. The molecule has 1 aliphatic carbocycles. The van der Waals surface area contributed by atoms with Crippen LogP contribution in [0.1, 0.15) is 23.1 Å². The minimum Gasteiger partial charge on any atom is -0.508 e. The summed E-state index contributed by atoms with van der Waals surface area (Å²) in [4.78, 5) is 2.14. The van der Waals surface area contributed by atoms with Crippen molar-refractivity contribution in [3.63, 3.8) is 0 Å². The van der Waals surface area contributed by atoms with Crippen LogP contribution in [0.5, 0.6) is 5.75 Å². The number of phenolic OH excluding ortho intramolecular Hbond substituents is 1. The highest BCUT2D eigenvalue weighted by atomic mass is 32.2. The summed E-state index contributed by atoms with van der Waals surface area (Å²) in [5, 5.41) is 10.3.